The lowest BCUT2D eigenvalue weighted by molar-refractivity contribution is 0.00375. The maximum atomic E-state index is 12.4. The number of hydrogen-bond acceptors (Lipinski definition) is 5. The Labute approximate surface area is 166 Å². The van der Waals surface area contributed by atoms with Gasteiger partial charge in [-0.15, -0.1) is 0 Å². The van der Waals surface area contributed by atoms with Gasteiger partial charge in [0.05, 0.1) is 6.54 Å². The smallest absolute Gasteiger partial charge is 0.420 e. The molecule has 0 fully saturated rings. The predicted octanol–water partition coefficient (Wildman–Crippen LogP) is 5.00. The average Bonchev–Trinajstić information content (AvgIpc) is 2.88. The van der Waals surface area contributed by atoms with Gasteiger partial charge >= 0.3 is 12.2 Å². The monoisotopic (exact) mass is 387 g/mol. The molecule has 1 aromatic rings. The van der Waals surface area contributed by atoms with Gasteiger partial charge in [0.2, 0.25) is 0 Å². The summed E-state index contributed by atoms with van der Waals surface area (Å²) < 4.78 is 10.7. The molecular weight excluding hydrogens is 358 g/mol. The van der Waals surface area contributed by atoms with Crippen molar-refractivity contribution in [3.8, 4) is 0 Å². The molecule has 2 amide bonds. The summed E-state index contributed by atoms with van der Waals surface area (Å²) in [5, 5.41) is 0. The Morgan fingerprint density at radius 3 is 2.11 bits per heavy atom. The third kappa shape index (κ3) is 6.22. The van der Waals surface area contributed by atoms with Crippen molar-refractivity contribution in [2.45, 2.75) is 65.6 Å². The summed E-state index contributed by atoms with van der Waals surface area (Å²) in [4.78, 5) is 37.6. The second-order valence-corrected chi connectivity index (χ2v) is 8.81. The zero-order valence-electron chi connectivity index (χ0n) is 17.5. The Balaban J connectivity index is 2.13. The average molecular weight is 387 g/mol. The van der Waals surface area contributed by atoms with Crippen LogP contribution in [0.1, 0.15) is 69.4 Å². The number of imide groups is 1. The molecule has 28 heavy (non-hydrogen) atoms. The highest BCUT2D eigenvalue weighted by Gasteiger charge is 2.30. The van der Waals surface area contributed by atoms with Gasteiger partial charge in [-0.1, -0.05) is 30.4 Å². The van der Waals surface area contributed by atoms with Crippen LogP contribution in [0.4, 0.5) is 9.59 Å². The fraction of sp³-hybridized carbons (Fsp3) is 0.500. The molecule has 0 radical (unpaired) electrons. The van der Waals surface area contributed by atoms with Crippen molar-refractivity contribution < 1.29 is 23.9 Å². The third-order valence-corrected chi connectivity index (χ3v) is 3.88. The molecule has 0 atom stereocenters. The minimum Gasteiger partial charge on any atom is -0.443 e. The molecule has 1 aliphatic rings. The number of carbonyl (C=O) groups is 3. The van der Waals surface area contributed by atoms with Gasteiger partial charge in [-0.05, 0) is 59.1 Å². The molecule has 6 heteroatoms. The highest BCUT2D eigenvalue weighted by Crippen LogP contribution is 2.23. The van der Waals surface area contributed by atoms with Gasteiger partial charge in [-0.3, -0.25) is 4.79 Å². The second-order valence-electron chi connectivity index (χ2n) is 8.81. The molecule has 0 spiro atoms. The second kappa shape index (κ2) is 8.17. The zero-order valence-corrected chi connectivity index (χ0v) is 17.5. The van der Waals surface area contributed by atoms with Crippen LogP contribution in [0.25, 0.3) is 6.08 Å². The number of nitrogens with zero attached hydrogens (tertiary/aromatic N) is 1. The van der Waals surface area contributed by atoms with Gasteiger partial charge < -0.3 is 9.47 Å². The van der Waals surface area contributed by atoms with E-state index in [0.29, 0.717) is 6.42 Å². The van der Waals surface area contributed by atoms with Crippen molar-refractivity contribution in [3.63, 3.8) is 0 Å². The molecule has 0 aliphatic heterocycles. The van der Waals surface area contributed by atoms with Gasteiger partial charge in [0.1, 0.15) is 11.2 Å². The van der Waals surface area contributed by atoms with E-state index >= 15 is 0 Å². The summed E-state index contributed by atoms with van der Waals surface area (Å²) in [5.74, 6) is 0.173. The van der Waals surface area contributed by atoms with E-state index < -0.39 is 23.4 Å². The molecule has 2 rings (SSSR count). The Hall–Kier alpha value is -2.63. The highest BCUT2D eigenvalue weighted by atomic mass is 16.6. The Kier molecular flexibility index (Phi) is 6.32. The van der Waals surface area contributed by atoms with Crippen molar-refractivity contribution in [2.75, 3.05) is 6.54 Å². The molecule has 0 heterocycles. The zero-order chi connectivity index (χ0) is 21.1. The number of ketones is 1. The van der Waals surface area contributed by atoms with E-state index in [2.05, 4.69) is 0 Å². The molecule has 152 valence electrons. The van der Waals surface area contributed by atoms with Gasteiger partial charge in [0.25, 0.3) is 0 Å². The van der Waals surface area contributed by atoms with E-state index in [1.54, 1.807) is 47.6 Å². The van der Waals surface area contributed by atoms with E-state index in [4.69, 9.17) is 9.47 Å². The van der Waals surface area contributed by atoms with E-state index in [0.717, 1.165) is 28.0 Å². The molecule has 0 saturated heterocycles. The van der Waals surface area contributed by atoms with Gasteiger partial charge in [0.15, 0.2) is 5.78 Å². The minimum absolute atomic E-state index is 0.0137. The number of Topliss-reactive ketones (excluding diaryl/α,β-unsaturated/α-hetero) is 1. The quantitative estimate of drug-likeness (QED) is 0.730. The topological polar surface area (TPSA) is 72.9 Å². The summed E-state index contributed by atoms with van der Waals surface area (Å²) in [5.41, 5.74) is 1.26. The normalized spacial score (nSPS) is 14.1. The fourth-order valence-corrected chi connectivity index (χ4v) is 2.73. The van der Waals surface area contributed by atoms with E-state index in [1.165, 1.54) is 0 Å². The number of hydrogen-bond donors (Lipinski definition) is 0. The summed E-state index contributed by atoms with van der Waals surface area (Å²) in [7, 11) is 0. The lowest BCUT2D eigenvalue weighted by Gasteiger charge is -2.28. The maximum Gasteiger partial charge on any atom is 0.420 e. The number of carbonyl (C=O) groups excluding carboxylic acids is 3. The van der Waals surface area contributed by atoms with Crippen LogP contribution in [0.5, 0.6) is 0 Å². The van der Waals surface area contributed by atoms with Crippen LogP contribution >= 0.6 is 0 Å². The van der Waals surface area contributed by atoms with Crippen molar-refractivity contribution in [1.82, 2.24) is 4.90 Å². The van der Waals surface area contributed by atoms with Crippen LogP contribution in [0, 0.1) is 0 Å². The van der Waals surface area contributed by atoms with Crippen LogP contribution in [0.3, 0.4) is 0 Å². The van der Waals surface area contributed by atoms with Crippen molar-refractivity contribution in [2.24, 2.45) is 0 Å². The van der Waals surface area contributed by atoms with E-state index in [9.17, 15) is 14.4 Å². The van der Waals surface area contributed by atoms with E-state index in [1.807, 2.05) is 24.3 Å². The Morgan fingerprint density at radius 1 is 1.00 bits per heavy atom. The van der Waals surface area contributed by atoms with Gasteiger partial charge in [0, 0.05) is 12.0 Å². The Bertz CT molecular complexity index is 768. The first-order valence-electron chi connectivity index (χ1n) is 9.42. The minimum atomic E-state index is -0.758. The molecule has 0 N–H and O–H groups in total. The molecule has 1 aromatic carbocycles. The number of aryl methyl sites for hydroxylation is 1. The number of fused-ring (bicyclic) bond motifs is 1. The van der Waals surface area contributed by atoms with Crippen molar-refractivity contribution >= 4 is 24.0 Å². The fourth-order valence-electron chi connectivity index (χ4n) is 2.73. The lowest BCUT2D eigenvalue weighted by atomic mass is 10.1. The standard InChI is InChI=1S/C22H29NO5/c1-21(2,3)27-19(25)23(20(26)28-22(4,5)6)13-7-8-15-9-11-17-16(14-15)10-12-18(17)24/h7-9,11,14H,10,12-13H2,1-6H3/b8-7+. The first kappa shape index (κ1) is 21.7. The molecule has 6 nitrogen and oxygen atoms in total. The Morgan fingerprint density at radius 2 is 1.57 bits per heavy atom. The third-order valence-electron chi connectivity index (χ3n) is 3.88. The summed E-state index contributed by atoms with van der Waals surface area (Å²) >= 11 is 0. The van der Waals surface area contributed by atoms with Crippen LogP contribution in [0.15, 0.2) is 24.3 Å². The highest BCUT2D eigenvalue weighted by molar-refractivity contribution is 6.00. The molecule has 1 aliphatic carbocycles. The maximum absolute atomic E-state index is 12.4. The molecule has 0 bridgehead atoms. The number of ether oxygens (including phenoxy) is 2. The molecule has 0 saturated carbocycles. The lowest BCUT2D eigenvalue weighted by Crippen LogP contribution is -2.43. The molecular formula is C22H29NO5. The number of benzene rings is 1. The summed E-state index contributed by atoms with van der Waals surface area (Å²) in [6.07, 6.45) is 3.29. The van der Waals surface area contributed by atoms with Crippen molar-refractivity contribution in [3.05, 3.63) is 41.0 Å². The number of amides is 2. The van der Waals surface area contributed by atoms with Crippen LogP contribution < -0.4 is 0 Å². The SMILES string of the molecule is CC(C)(C)OC(=O)N(C/C=C/c1ccc2c(c1)CCC2=O)C(=O)OC(C)(C)C. The summed E-state index contributed by atoms with van der Waals surface area (Å²) in [6, 6.07) is 5.63. The molecule has 0 aromatic heterocycles. The van der Waals surface area contributed by atoms with Crippen LogP contribution in [-0.2, 0) is 15.9 Å². The summed E-state index contributed by atoms with van der Waals surface area (Å²) in [6.45, 7) is 10.4. The van der Waals surface area contributed by atoms with Crippen LogP contribution in [0.2, 0.25) is 0 Å². The van der Waals surface area contributed by atoms with Gasteiger partial charge in [-0.25, -0.2) is 14.5 Å². The first-order chi connectivity index (χ1) is 12.9. The first-order valence-corrected chi connectivity index (χ1v) is 9.42. The number of rotatable bonds is 3. The van der Waals surface area contributed by atoms with Crippen LogP contribution in [-0.4, -0.2) is 40.6 Å². The largest absolute Gasteiger partial charge is 0.443 e. The van der Waals surface area contributed by atoms with Crippen molar-refractivity contribution in [1.29, 1.82) is 0 Å². The predicted molar refractivity (Wildman–Crippen MR) is 107 cm³/mol. The van der Waals surface area contributed by atoms with Gasteiger partial charge in [-0.2, -0.15) is 0 Å². The van der Waals surface area contributed by atoms with E-state index in [-0.39, 0.29) is 12.3 Å². The molecule has 0 unspecified atom stereocenters.